The molecular weight excluding hydrogens is 404 g/mol. The van der Waals surface area contributed by atoms with Gasteiger partial charge in [-0.25, -0.2) is 0 Å². The molecule has 7 nitrogen and oxygen atoms in total. The number of nitrogens with one attached hydrogen (secondary N) is 1. The Labute approximate surface area is 181 Å². The summed E-state index contributed by atoms with van der Waals surface area (Å²) in [6.45, 7) is 3.01. The normalized spacial score (nSPS) is 9.83. The zero-order valence-electron chi connectivity index (χ0n) is 17.4. The van der Waals surface area contributed by atoms with E-state index in [0.717, 1.165) is 35.2 Å². The Morgan fingerprint density at radius 2 is 1.63 bits per heavy atom. The number of thioether (sulfide) groups is 1. The van der Waals surface area contributed by atoms with Crippen molar-refractivity contribution in [1.29, 1.82) is 0 Å². The maximum atomic E-state index is 12.3. The molecule has 0 saturated heterocycles. The van der Waals surface area contributed by atoms with Gasteiger partial charge in [-0.1, -0.05) is 18.2 Å². The van der Waals surface area contributed by atoms with Gasteiger partial charge in [0.2, 0.25) is 11.8 Å². The molecular formula is C22H28N2O5S. The lowest BCUT2D eigenvalue weighted by Crippen LogP contribution is -2.26. The highest BCUT2D eigenvalue weighted by Gasteiger charge is 2.12. The first-order valence-electron chi connectivity index (χ1n) is 9.40. The van der Waals surface area contributed by atoms with Crippen molar-refractivity contribution in [2.75, 3.05) is 18.1 Å². The van der Waals surface area contributed by atoms with Crippen molar-refractivity contribution >= 4 is 35.2 Å². The second-order valence-electron chi connectivity index (χ2n) is 6.55. The quantitative estimate of drug-likeness (QED) is 0.430. The van der Waals surface area contributed by atoms with Crippen molar-refractivity contribution in [2.45, 2.75) is 38.1 Å². The molecule has 0 aliphatic rings. The molecule has 2 aromatic carbocycles. The number of hydrogen-bond acceptors (Lipinski definition) is 5. The van der Waals surface area contributed by atoms with Gasteiger partial charge in [-0.15, -0.1) is 11.8 Å². The van der Waals surface area contributed by atoms with E-state index in [-0.39, 0.29) is 17.6 Å². The Hall–Kier alpha value is -3.00. The number of carbonyl (C=O) groups is 3. The van der Waals surface area contributed by atoms with Gasteiger partial charge in [0.05, 0.1) is 0 Å². The minimum Gasteiger partial charge on any atom is -0.508 e. The van der Waals surface area contributed by atoms with E-state index in [4.69, 9.17) is 9.90 Å². The minimum atomic E-state index is -0.833. The van der Waals surface area contributed by atoms with Crippen LogP contribution in [0.1, 0.15) is 32.3 Å². The summed E-state index contributed by atoms with van der Waals surface area (Å²) >= 11 is 1.67. The summed E-state index contributed by atoms with van der Waals surface area (Å²) < 4.78 is 0. The number of amides is 2. The van der Waals surface area contributed by atoms with Gasteiger partial charge in [0.15, 0.2) is 0 Å². The molecule has 0 aliphatic carbocycles. The summed E-state index contributed by atoms with van der Waals surface area (Å²) in [4.78, 5) is 35.4. The molecule has 8 heteroatoms. The largest absolute Gasteiger partial charge is 0.508 e. The Kier molecular flexibility index (Phi) is 11.1. The molecule has 2 aromatic rings. The maximum Gasteiger partial charge on any atom is 0.300 e. The summed E-state index contributed by atoms with van der Waals surface area (Å²) in [6, 6.07) is 14.6. The number of carbonyl (C=O) groups excluding carboxylic acids is 2. The SMILES string of the molecule is CC(=O)Nc1ccccc1CN(C)C(=O)CCCSc1ccc(O)cc1.CC(=O)O. The highest BCUT2D eigenvalue weighted by molar-refractivity contribution is 7.99. The van der Waals surface area contributed by atoms with Crippen LogP contribution in [0.2, 0.25) is 0 Å². The van der Waals surface area contributed by atoms with Gasteiger partial charge in [-0.2, -0.15) is 0 Å². The number of aromatic hydroxyl groups is 1. The Balaban J connectivity index is 0.00000103. The van der Waals surface area contributed by atoms with E-state index in [1.807, 2.05) is 36.4 Å². The van der Waals surface area contributed by atoms with Gasteiger partial charge in [0, 0.05) is 44.4 Å². The van der Waals surface area contributed by atoms with Crippen molar-refractivity contribution in [1.82, 2.24) is 4.90 Å². The number of hydrogen-bond donors (Lipinski definition) is 3. The Morgan fingerprint density at radius 1 is 1.03 bits per heavy atom. The number of para-hydroxylation sites is 1. The van der Waals surface area contributed by atoms with Crippen molar-refractivity contribution < 1.29 is 24.6 Å². The van der Waals surface area contributed by atoms with Crippen LogP contribution in [0.25, 0.3) is 0 Å². The fourth-order valence-electron chi connectivity index (χ4n) is 2.46. The van der Waals surface area contributed by atoms with Crippen LogP contribution in [0, 0.1) is 0 Å². The summed E-state index contributed by atoms with van der Waals surface area (Å²) in [5.41, 5.74) is 1.65. The van der Waals surface area contributed by atoms with E-state index >= 15 is 0 Å². The van der Waals surface area contributed by atoms with Crippen LogP contribution in [-0.2, 0) is 20.9 Å². The third kappa shape index (κ3) is 10.5. The Bertz CT molecular complexity index is 836. The first kappa shape index (κ1) is 25.0. The van der Waals surface area contributed by atoms with Gasteiger partial charge in [-0.3, -0.25) is 14.4 Å². The van der Waals surface area contributed by atoms with E-state index in [0.29, 0.717) is 13.0 Å². The number of anilines is 1. The third-order valence-corrected chi connectivity index (χ3v) is 4.90. The van der Waals surface area contributed by atoms with E-state index in [1.165, 1.54) is 6.92 Å². The molecule has 3 N–H and O–H groups in total. The first-order chi connectivity index (χ1) is 14.2. The van der Waals surface area contributed by atoms with Crippen molar-refractivity contribution in [2.24, 2.45) is 0 Å². The summed E-state index contributed by atoms with van der Waals surface area (Å²) in [7, 11) is 1.78. The molecule has 0 radical (unpaired) electrons. The van der Waals surface area contributed by atoms with Crippen molar-refractivity contribution in [3.63, 3.8) is 0 Å². The lowest BCUT2D eigenvalue weighted by Gasteiger charge is -2.19. The Morgan fingerprint density at radius 3 is 2.23 bits per heavy atom. The maximum absolute atomic E-state index is 12.3. The van der Waals surface area contributed by atoms with E-state index in [2.05, 4.69) is 5.32 Å². The molecule has 0 atom stereocenters. The van der Waals surface area contributed by atoms with Crippen LogP contribution in [-0.4, -0.2) is 45.7 Å². The van der Waals surface area contributed by atoms with E-state index in [1.54, 1.807) is 35.8 Å². The monoisotopic (exact) mass is 432 g/mol. The smallest absolute Gasteiger partial charge is 0.300 e. The summed E-state index contributed by atoms with van der Waals surface area (Å²) in [5, 5.41) is 19.5. The molecule has 0 saturated carbocycles. The predicted octanol–water partition coefficient (Wildman–Crippen LogP) is 3.97. The number of aliphatic carboxylic acids is 1. The van der Waals surface area contributed by atoms with Crippen LogP contribution in [0.3, 0.4) is 0 Å². The van der Waals surface area contributed by atoms with Crippen LogP contribution >= 0.6 is 11.8 Å². The topological polar surface area (TPSA) is 107 Å². The van der Waals surface area contributed by atoms with Gasteiger partial charge in [0.25, 0.3) is 5.97 Å². The lowest BCUT2D eigenvalue weighted by atomic mass is 10.1. The predicted molar refractivity (Wildman–Crippen MR) is 119 cm³/mol. The number of benzene rings is 2. The number of carboxylic acids is 1. The molecule has 0 fully saturated rings. The van der Waals surface area contributed by atoms with Crippen molar-refractivity contribution in [3.8, 4) is 5.75 Å². The number of carboxylic acid groups (broad SMARTS) is 1. The highest BCUT2D eigenvalue weighted by Crippen LogP contribution is 2.22. The standard InChI is InChI=1S/C20H24N2O3S.C2H4O2/c1-15(23)21-19-7-4-3-6-16(19)14-22(2)20(25)8-5-13-26-18-11-9-17(24)10-12-18;1-2(3)4/h3-4,6-7,9-12,24H,5,8,13-14H2,1-2H3,(H,21,23);1H3,(H,3,4). The number of nitrogens with zero attached hydrogens (tertiary/aromatic N) is 1. The second kappa shape index (κ2) is 13.3. The van der Waals surface area contributed by atoms with E-state index < -0.39 is 5.97 Å². The number of phenols is 1. The summed E-state index contributed by atoms with van der Waals surface area (Å²) in [6.07, 6.45) is 1.26. The van der Waals surface area contributed by atoms with Crippen molar-refractivity contribution in [3.05, 3.63) is 54.1 Å². The molecule has 0 spiro atoms. The average Bonchev–Trinajstić information content (AvgIpc) is 2.67. The van der Waals surface area contributed by atoms with Gasteiger partial charge < -0.3 is 20.4 Å². The molecule has 0 heterocycles. The minimum absolute atomic E-state index is 0.0777. The van der Waals surface area contributed by atoms with E-state index in [9.17, 15) is 14.7 Å². The fourth-order valence-corrected chi connectivity index (χ4v) is 3.31. The van der Waals surface area contributed by atoms with Gasteiger partial charge in [-0.05, 0) is 48.1 Å². The van der Waals surface area contributed by atoms with Crippen LogP contribution in [0.15, 0.2) is 53.4 Å². The van der Waals surface area contributed by atoms with Crippen LogP contribution < -0.4 is 5.32 Å². The van der Waals surface area contributed by atoms with Crippen LogP contribution in [0.5, 0.6) is 5.75 Å². The van der Waals surface area contributed by atoms with Gasteiger partial charge >= 0.3 is 0 Å². The summed E-state index contributed by atoms with van der Waals surface area (Å²) in [5.74, 6) is 0.213. The lowest BCUT2D eigenvalue weighted by molar-refractivity contribution is -0.134. The molecule has 2 amide bonds. The molecule has 0 aromatic heterocycles. The van der Waals surface area contributed by atoms with Gasteiger partial charge in [0.1, 0.15) is 5.75 Å². The number of rotatable bonds is 8. The molecule has 0 aliphatic heterocycles. The molecule has 0 unspecified atom stereocenters. The highest BCUT2D eigenvalue weighted by atomic mass is 32.2. The molecule has 30 heavy (non-hydrogen) atoms. The molecule has 162 valence electrons. The molecule has 0 bridgehead atoms. The average molecular weight is 433 g/mol. The zero-order valence-corrected chi connectivity index (χ0v) is 18.2. The first-order valence-corrected chi connectivity index (χ1v) is 10.4. The third-order valence-electron chi connectivity index (χ3n) is 3.80. The zero-order chi connectivity index (χ0) is 22.5. The molecule has 2 rings (SSSR count). The van der Waals surface area contributed by atoms with Crippen LogP contribution in [0.4, 0.5) is 5.69 Å². The second-order valence-corrected chi connectivity index (χ2v) is 7.72. The fraction of sp³-hybridized carbons (Fsp3) is 0.318. The number of phenolic OH excluding ortho intramolecular Hbond substituents is 1.